The van der Waals surface area contributed by atoms with Crippen molar-refractivity contribution >= 4 is 45.2 Å². The molecule has 1 fully saturated rings. The number of carbonyl (C=O) groups is 3. The molecule has 1 aromatic carbocycles. The van der Waals surface area contributed by atoms with E-state index in [-0.39, 0.29) is 18.0 Å². The van der Waals surface area contributed by atoms with E-state index in [1.54, 1.807) is 54.0 Å². The summed E-state index contributed by atoms with van der Waals surface area (Å²) in [5.74, 6) is -2.13. The number of amides is 2. The second-order valence-corrected chi connectivity index (χ2v) is 9.20. The fraction of sp³-hybridized carbons (Fsp3) is 0.240. The lowest BCUT2D eigenvalue weighted by Crippen LogP contribution is -2.39. The Morgan fingerprint density at radius 3 is 2.63 bits per heavy atom. The van der Waals surface area contributed by atoms with Gasteiger partial charge in [-0.2, -0.15) is 0 Å². The van der Waals surface area contributed by atoms with Gasteiger partial charge in [-0.1, -0.05) is 23.8 Å². The molecule has 3 aromatic rings. The smallest absolute Gasteiger partial charge is 0.331 e. The Bertz CT molecular complexity index is 1380. The second-order valence-electron chi connectivity index (χ2n) is 8.31. The molecule has 0 saturated carbocycles. The van der Waals surface area contributed by atoms with E-state index in [0.717, 1.165) is 28.0 Å². The molecule has 0 radical (unpaired) electrons. The summed E-state index contributed by atoms with van der Waals surface area (Å²) in [5.41, 5.74) is 4.43. The van der Waals surface area contributed by atoms with Crippen LogP contribution in [0, 0.1) is 6.92 Å². The minimum Gasteiger partial charge on any atom is -0.480 e. The maximum atomic E-state index is 12.1. The molecule has 1 aliphatic carbocycles. The second kappa shape index (κ2) is 9.67. The van der Waals surface area contributed by atoms with E-state index >= 15 is 0 Å². The monoisotopic (exact) mass is 492 g/mol. The lowest BCUT2D eigenvalue weighted by Gasteiger charge is -2.33. The van der Waals surface area contributed by atoms with Crippen molar-refractivity contribution in [2.24, 2.45) is 0 Å². The van der Waals surface area contributed by atoms with Crippen LogP contribution in [0.25, 0.3) is 10.2 Å². The number of thiazole rings is 1. The normalized spacial score (nSPS) is 19.4. The van der Waals surface area contributed by atoms with Crippen LogP contribution in [0.3, 0.4) is 0 Å². The number of pyridine rings is 1. The van der Waals surface area contributed by atoms with Gasteiger partial charge in [0, 0.05) is 31.3 Å². The number of benzene rings is 1. The van der Waals surface area contributed by atoms with E-state index in [1.807, 2.05) is 13.0 Å². The largest absolute Gasteiger partial charge is 0.480 e. The summed E-state index contributed by atoms with van der Waals surface area (Å²) in [6, 6.07) is 7.16. The third-order valence-corrected chi connectivity index (χ3v) is 7.08. The topological polar surface area (TPSA) is 133 Å². The third-order valence-electron chi connectivity index (χ3n) is 6.29. The molecule has 3 N–H and O–H groups in total. The highest BCUT2D eigenvalue weighted by atomic mass is 32.1. The molecule has 0 spiro atoms. The van der Waals surface area contributed by atoms with Crippen LogP contribution in [0.15, 0.2) is 65.5 Å². The van der Waals surface area contributed by atoms with Gasteiger partial charge >= 0.3 is 18.0 Å². The fourth-order valence-corrected chi connectivity index (χ4v) is 4.97. The van der Waals surface area contributed by atoms with E-state index in [9.17, 15) is 24.6 Å². The first-order chi connectivity index (χ1) is 16.7. The van der Waals surface area contributed by atoms with Gasteiger partial charge in [0.05, 0.1) is 27.6 Å². The maximum Gasteiger partial charge on any atom is 0.331 e. The first kappa shape index (κ1) is 24.1. The quantitative estimate of drug-likeness (QED) is 0.503. The Hall–Kier alpha value is -4.05. The van der Waals surface area contributed by atoms with Gasteiger partial charge in [-0.15, -0.1) is 11.3 Å². The van der Waals surface area contributed by atoms with Gasteiger partial charge in [0.2, 0.25) is 0 Å². The first-order valence-corrected chi connectivity index (χ1v) is 11.8. The zero-order valence-electron chi connectivity index (χ0n) is 19.2. The number of anilines is 1. The predicted molar refractivity (Wildman–Crippen MR) is 133 cm³/mol. The number of carboxylic acids is 2. The molecule has 2 amide bonds. The van der Waals surface area contributed by atoms with E-state index in [0.29, 0.717) is 17.7 Å². The number of aliphatic carboxylic acids is 2. The molecule has 1 aliphatic heterocycles. The molecule has 1 unspecified atom stereocenters. The highest BCUT2D eigenvalue weighted by Crippen LogP contribution is 2.42. The molecule has 35 heavy (non-hydrogen) atoms. The number of nitrogens with zero attached hydrogens (tertiary/aromatic N) is 3. The van der Waals surface area contributed by atoms with Crippen molar-refractivity contribution in [2.75, 3.05) is 18.0 Å². The molecule has 9 nitrogen and oxygen atoms in total. The summed E-state index contributed by atoms with van der Waals surface area (Å²) in [6.45, 7) is 5.14. The average Bonchev–Trinajstić information content (AvgIpc) is 3.48. The Morgan fingerprint density at radius 1 is 1.17 bits per heavy atom. The van der Waals surface area contributed by atoms with E-state index < -0.39 is 17.4 Å². The van der Waals surface area contributed by atoms with Crippen LogP contribution in [0.4, 0.5) is 10.5 Å². The van der Waals surface area contributed by atoms with E-state index in [4.69, 9.17) is 0 Å². The Kier molecular flexibility index (Phi) is 6.65. The number of fused-ring (bicyclic) bond motifs is 1. The number of carboxylic acid groups (broad SMARTS) is 2. The van der Waals surface area contributed by atoms with Crippen LogP contribution in [-0.4, -0.2) is 51.2 Å². The Morgan fingerprint density at radius 2 is 1.97 bits per heavy atom. The number of hydrogen-bond donors (Lipinski definition) is 3. The number of urea groups is 1. The van der Waals surface area contributed by atoms with Crippen LogP contribution in [0.2, 0.25) is 0 Å². The number of rotatable bonds is 4. The van der Waals surface area contributed by atoms with Gasteiger partial charge in [0.25, 0.3) is 0 Å². The molecule has 5 rings (SSSR count). The SMILES string of the molecule is CC1=CC=C(C(=O)O)CC1(C(=O)O)c1ccc2ncsc2c1.Cc1ccncc1N1CCNC1=O. The van der Waals surface area contributed by atoms with Crippen molar-refractivity contribution in [3.63, 3.8) is 0 Å². The molecule has 2 aromatic heterocycles. The van der Waals surface area contributed by atoms with Crippen molar-refractivity contribution in [2.45, 2.75) is 25.7 Å². The molecule has 1 atom stereocenters. The zero-order valence-corrected chi connectivity index (χ0v) is 20.0. The molecule has 2 aliphatic rings. The summed E-state index contributed by atoms with van der Waals surface area (Å²) < 4.78 is 0.886. The minimum absolute atomic E-state index is 0.0314. The van der Waals surface area contributed by atoms with Gasteiger partial charge in [-0.25, -0.2) is 14.6 Å². The van der Waals surface area contributed by atoms with Gasteiger partial charge in [-0.3, -0.25) is 14.7 Å². The van der Waals surface area contributed by atoms with Crippen molar-refractivity contribution < 1.29 is 24.6 Å². The molecular formula is C25H24N4O5S. The van der Waals surface area contributed by atoms with Crippen LogP contribution in [0.1, 0.15) is 24.5 Å². The first-order valence-electron chi connectivity index (χ1n) is 10.9. The Labute approximate surface area is 205 Å². The summed E-state index contributed by atoms with van der Waals surface area (Å²) >= 11 is 1.43. The summed E-state index contributed by atoms with van der Waals surface area (Å²) in [5, 5.41) is 21.8. The number of aryl methyl sites for hydroxylation is 1. The van der Waals surface area contributed by atoms with Gasteiger partial charge in [-0.05, 0) is 43.2 Å². The molecule has 180 valence electrons. The fourth-order valence-electron chi connectivity index (χ4n) is 4.26. The van der Waals surface area contributed by atoms with Crippen molar-refractivity contribution in [1.29, 1.82) is 0 Å². The van der Waals surface area contributed by atoms with Crippen LogP contribution in [0.5, 0.6) is 0 Å². The third kappa shape index (κ3) is 4.52. The van der Waals surface area contributed by atoms with Crippen molar-refractivity contribution in [1.82, 2.24) is 15.3 Å². The van der Waals surface area contributed by atoms with Gasteiger partial charge in [0.1, 0.15) is 5.41 Å². The lowest BCUT2D eigenvalue weighted by molar-refractivity contribution is -0.142. The lowest BCUT2D eigenvalue weighted by atomic mass is 9.68. The highest BCUT2D eigenvalue weighted by Gasteiger charge is 2.45. The molecule has 1 saturated heterocycles. The summed E-state index contributed by atoms with van der Waals surface area (Å²) in [6.07, 6.45) is 6.44. The number of carbonyl (C=O) groups excluding carboxylic acids is 1. The number of hydrogen-bond acceptors (Lipinski definition) is 6. The zero-order chi connectivity index (χ0) is 25.2. The summed E-state index contributed by atoms with van der Waals surface area (Å²) in [7, 11) is 0. The number of nitrogens with one attached hydrogen (secondary N) is 1. The maximum absolute atomic E-state index is 12.1. The summed E-state index contributed by atoms with van der Waals surface area (Å²) in [4.78, 5) is 44.5. The van der Waals surface area contributed by atoms with Crippen LogP contribution in [-0.2, 0) is 15.0 Å². The number of allylic oxidation sites excluding steroid dienone is 2. The van der Waals surface area contributed by atoms with Gasteiger partial charge < -0.3 is 15.5 Å². The van der Waals surface area contributed by atoms with E-state index in [1.165, 1.54) is 17.4 Å². The number of aromatic nitrogens is 2. The van der Waals surface area contributed by atoms with E-state index in [2.05, 4.69) is 15.3 Å². The van der Waals surface area contributed by atoms with Crippen LogP contribution >= 0.6 is 11.3 Å². The highest BCUT2D eigenvalue weighted by molar-refractivity contribution is 7.16. The predicted octanol–water partition coefficient (Wildman–Crippen LogP) is 3.90. The molecule has 10 heteroatoms. The molecular weight excluding hydrogens is 468 g/mol. The van der Waals surface area contributed by atoms with Crippen molar-refractivity contribution in [3.8, 4) is 0 Å². The molecule has 3 heterocycles. The van der Waals surface area contributed by atoms with Gasteiger partial charge in [0.15, 0.2) is 0 Å². The average molecular weight is 493 g/mol. The minimum atomic E-state index is -1.35. The standard InChI is InChI=1S/C16H13NO4S.C9H11N3O/c1-9-2-3-10(14(18)19)7-16(9,15(20)21)11-4-5-12-13(6-11)22-8-17-12;1-7-2-3-10-6-8(7)12-5-4-11-9(12)13/h2-6,8H,7H2,1H3,(H,18,19)(H,20,21);2-3,6H,4-5H2,1H3,(H,11,13). The van der Waals surface area contributed by atoms with Crippen LogP contribution < -0.4 is 10.2 Å². The molecule has 0 bridgehead atoms. The Balaban J connectivity index is 0.000000189. The van der Waals surface area contributed by atoms with Crippen molar-refractivity contribution in [3.05, 3.63) is 76.6 Å².